The summed E-state index contributed by atoms with van der Waals surface area (Å²) in [6, 6.07) is 12.5. The zero-order valence-electron chi connectivity index (χ0n) is 12.8. The van der Waals surface area contributed by atoms with Gasteiger partial charge in [-0.15, -0.1) is 0 Å². The molecule has 1 unspecified atom stereocenters. The topological polar surface area (TPSA) is 67.2 Å². The highest BCUT2D eigenvalue weighted by Crippen LogP contribution is 2.30. The zero-order valence-corrected chi connectivity index (χ0v) is 14.3. The van der Waals surface area contributed by atoms with E-state index in [1.54, 1.807) is 30.3 Å². The highest BCUT2D eigenvalue weighted by molar-refractivity contribution is 6.36. The molecule has 6 heteroatoms. The number of urea groups is 1. The molecule has 0 aliphatic carbocycles. The van der Waals surface area contributed by atoms with Gasteiger partial charge in [-0.05, 0) is 35.4 Å². The Morgan fingerprint density at radius 1 is 1.09 bits per heavy atom. The number of hydrogen-bond acceptors (Lipinski definition) is 2. The highest BCUT2D eigenvalue weighted by atomic mass is 35.5. The Labute approximate surface area is 146 Å². The Balaban J connectivity index is 1.83. The first-order valence-electron chi connectivity index (χ1n) is 7.27. The Morgan fingerprint density at radius 3 is 2.30 bits per heavy atom. The minimum absolute atomic E-state index is 0.0125. The van der Waals surface area contributed by atoms with Gasteiger partial charge in [-0.1, -0.05) is 48.3 Å². The first kappa shape index (κ1) is 17.4. The van der Waals surface area contributed by atoms with Crippen LogP contribution < -0.4 is 16.4 Å². The largest absolute Gasteiger partial charge is 0.399 e. The Bertz CT molecular complexity index is 654. The third-order valence-corrected chi connectivity index (χ3v) is 4.15. The number of anilines is 1. The lowest BCUT2D eigenvalue weighted by atomic mass is 10.0. The third-order valence-electron chi connectivity index (χ3n) is 3.49. The highest BCUT2D eigenvalue weighted by Gasteiger charge is 2.14. The van der Waals surface area contributed by atoms with E-state index in [0.717, 1.165) is 11.1 Å². The molecule has 2 rings (SSSR count). The van der Waals surface area contributed by atoms with Gasteiger partial charge in [0.2, 0.25) is 0 Å². The molecule has 4 nitrogen and oxygen atoms in total. The summed E-state index contributed by atoms with van der Waals surface area (Å²) in [6.07, 6.45) is 0. The fourth-order valence-electron chi connectivity index (χ4n) is 2.21. The lowest BCUT2D eigenvalue weighted by Crippen LogP contribution is -2.37. The van der Waals surface area contributed by atoms with Gasteiger partial charge in [0, 0.05) is 34.7 Å². The quantitative estimate of drug-likeness (QED) is 0.707. The second-order valence-corrected chi connectivity index (χ2v) is 6.16. The molecule has 0 heterocycles. The molecular weight excluding hydrogens is 333 g/mol. The molecule has 2 aromatic carbocycles. The fourth-order valence-corrected chi connectivity index (χ4v) is 2.98. The van der Waals surface area contributed by atoms with Gasteiger partial charge in [0.05, 0.1) is 0 Å². The predicted molar refractivity (Wildman–Crippen MR) is 96.0 cm³/mol. The molecule has 23 heavy (non-hydrogen) atoms. The predicted octanol–water partition coefficient (Wildman–Crippen LogP) is 4.18. The summed E-state index contributed by atoms with van der Waals surface area (Å²) >= 11 is 12.3. The number of nitrogens with one attached hydrogen (secondary N) is 2. The molecule has 2 aromatic rings. The average Bonchev–Trinajstić information content (AvgIpc) is 2.52. The van der Waals surface area contributed by atoms with Crippen LogP contribution in [0.4, 0.5) is 10.5 Å². The van der Waals surface area contributed by atoms with E-state index in [4.69, 9.17) is 28.9 Å². The van der Waals surface area contributed by atoms with Crippen molar-refractivity contribution in [2.45, 2.75) is 19.4 Å². The van der Waals surface area contributed by atoms with Crippen LogP contribution in [-0.4, -0.2) is 12.6 Å². The maximum absolute atomic E-state index is 11.9. The molecule has 4 N–H and O–H groups in total. The van der Waals surface area contributed by atoms with Crippen LogP contribution in [0.2, 0.25) is 10.0 Å². The summed E-state index contributed by atoms with van der Waals surface area (Å²) in [5.41, 5.74) is 8.15. The van der Waals surface area contributed by atoms with Crippen LogP contribution in [0.1, 0.15) is 24.0 Å². The van der Waals surface area contributed by atoms with Crippen LogP contribution in [0.3, 0.4) is 0 Å². The van der Waals surface area contributed by atoms with Crippen LogP contribution in [0, 0.1) is 0 Å². The van der Waals surface area contributed by atoms with E-state index in [1.807, 2.05) is 19.1 Å². The molecule has 0 saturated heterocycles. The van der Waals surface area contributed by atoms with Gasteiger partial charge in [0.25, 0.3) is 0 Å². The summed E-state index contributed by atoms with van der Waals surface area (Å²) in [5, 5.41) is 6.83. The molecule has 0 aliphatic rings. The number of amides is 2. The number of carbonyl (C=O) groups is 1. The van der Waals surface area contributed by atoms with E-state index in [9.17, 15) is 4.79 Å². The molecular formula is C17H19Cl2N3O. The number of hydrogen-bond donors (Lipinski definition) is 3. The normalized spacial score (nSPS) is 11.8. The number of rotatable bonds is 5. The summed E-state index contributed by atoms with van der Waals surface area (Å²) in [7, 11) is 0. The second kappa shape index (κ2) is 8.09. The monoisotopic (exact) mass is 351 g/mol. The Hall–Kier alpha value is -1.91. The van der Waals surface area contributed by atoms with Gasteiger partial charge >= 0.3 is 6.03 Å². The van der Waals surface area contributed by atoms with Crippen molar-refractivity contribution in [2.24, 2.45) is 0 Å². The second-order valence-electron chi connectivity index (χ2n) is 5.34. The fraction of sp³-hybridized carbons (Fsp3) is 0.235. The van der Waals surface area contributed by atoms with E-state index in [-0.39, 0.29) is 11.9 Å². The third kappa shape index (κ3) is 5.05. The Morgan fingerprint density at radius 2 is 1.70 bits per heavy atom. The summed E-state index contributed by atoms with van der Waals surface area (Å²) in [6.45, 7) is 2.84. The standard InChI is InChI=1S/C17H19Cl2N3O/c1-11(16-14(18)3-2-4-15(16)19)9-21-17(23)22-10-12-5-7-13(20)8-6-12/h2-8,11H,9-10,20H2,1H3,(H2,21,22,23). The number of carbonyl (C=O) groups excluding carboxylic acids is 1. The van der Waals surface area contributed by atoms with Crippen molar-refractivity contribution in [3.05, 3.63) is 63.6 Å². The number of halogens is 2. The van der Waals surface area contributed by atoms with Gasteiger partial charge in [-0.3, -0.25) is 0 Å². The molecule has 0 radical (unpaired) electrons. The van der Waals surface area contributed by atoms with E-state index in [1.165, 1.54) is 0 Å². The van der Waals surface area contributed by atoms with Gasteiger partial charge < -0.3 is 16.4 Å². The molecule has 0 aliphatic heterocycles. The maximum Gasteiger partial charge on any atom is 0.315 e. The van der Waals surface area contributed by atoms with E-state index < -0.39 is 0 Å². The van der Waals surface area contributed by atoms with Crippen molar-refractivity contribution in [1.82, 2.24) is 10.6 Å². The maximum atomic E-state index is 11.9. The van der Waals surface area contributed by atoms with Crippen LogP contribution in [0.25, 0.3) is 0 Å². The number of nitrogen functional groups attached to an aromatic ring is 1. The van der Waals surface area contributed by atoms with Crippen molar-refractivity contribution in [1.29, 1.82) is 0 Å². The van der Waals surface area contributed by atoms with Crippen molar-refractivity contribution < 1.29 is 4.79 Å². The lowest BCUT2D eigenvalue weighted by molar-refractivity contribution is 0.240. The van der Waals surface area contributed by atoms with Crippen LogP contribution >= 0.6 is 23.2 Å². The average molecular weight is 352 g/mol. The van der Waals surface area contributed by atoms with Crippen molar-refractivity contribution in [3.63, 3.8) is 0 Å². The summed E-state index contributed by atoms with van der Waals surface area (Å²) in [4.78, 5) is 11.9. The van der Waals surface area contributed by atoms with E-state index in [2.05, 4.69) is 10.6 Å². The van der Waals surface area contributed by atoms with E-state index in [0.29, 0.717) is 28.8 Å². The molecule has 0 fully saturated rings. The van der Waals surface area contributed by atoms with Crippen molar-refractivity contribution in [3.8, 4) is 0 Å². The molecule has 2 amide bonds. The first-order valence-corrected chi connectivity index (χ1v) is 8.03. The van der Waals surface area contributed by atoms with Crippen molar-refractivity contribution in [2.75, 3.05) is 12.3 Å². The molecule has 0 aromatic heterocycles. The smallest absolute Gasteiger partial charge is 0.315 e. The zero-order chi connectivity index (χ0) is 16.8. The first-order chi connectivity index (χ1) is 11.0. The minimum Gasteiger partial charge on any atom is -0.399 e. The van der Waals surface area contributed by atoms with Crippen molar-refractivity contribution >= 4 is 34.9 Å². The molecule has 0 saturated carbocycles. The SMILES string of the molecule is CC(CNC(=O)NCc1ccc(N)cc1)c1c(Cl)cccc1Cl. The van der Waals surface area contributed by atoms with Crippen LogP contribution in [0.5, 0.6) is 0 Å². The van der Waals surface area contributed by atoms with Gasteiger partial charge in [0.15, 0.2) is 0 Å². The van der Waals surface area contributed by atoms with Gasteiger partial charge in [-0.2, -0.15) is 0 Å². The lowest BCUT2D eigenvalue weighted by Gasteiger charge is -2.16. The minimum atomic E-state index is -0.239. The molecule has 0 spiro atoms. The number of benzene rings is 2. The summed E-state index contributed by atoms with van der Waals surface area (Å²) in [5.74, 6) is 0.0125. The van der Waals surface area contributed by atoms with Gasteiger partial charge in [0.1, 0.15) is 0 Å². The van der Waals surface area contributed by atoms with Crippen LogP contribution in [-0.2, 0) is 6.54 Å². The number of nitrogens with two attached hydrogens (primary N) is 1. The Kier molecular flexibility index (Phi) is 6.13. The van der Waals surface area contributed by atoms with Crippen LogP contribution in [0.15, 0.2) is 42.5 Å². The van der Waals surface area contributed by atoms with Gasteiger partial charge in [-0.25, -0.2) is 4.79 Å². The summed E-state index contributed by atoms with van der Waals surface area (Å²) < 4.78 is 0. The molecule has 0 bridgehead atoms. The molecule has 122 valence electrons. The van der Waals surface area contributed by atoms with E-state index >= 15 is 0 Å². The molecule has 1 atom stereocenters.